The maximum Gasteiger partial charge on any atom is 0.221 e. The van der Waals surface area contributed by atoms with E-state index in [-0.39, 0.29) is 34.9 Å². The summed E-state index contributed by atoms with van der Waals surface area (Å²) in [6.45, 7) is 0.326. The molecule has 2 aromatic rings. The van der Waals surface area contributed by atoms with E-state index in [0.717, 1.165) is 0 Å². The average molecular weight is 320 g/mol. The van der Waals surface area contributed by atoms with Crippen molar-refractivity contribution in [2.75, 3.05) is 6.61 Å². The largest absolute Gasteiger partial charge is 0.506 e. The lowest BCUT2D eigenvalue weighted by atomic mass is 10.0. The molecule has 2 aliphatic rings. The summed E-state index contributed by atoms with van der Waals surface area (Å²) in [4.78, 5) is 11.9. The van der Waals surface area contributed by atoms with E-state index in [2.05, 4.69) is 10.4 Å². The monoisotopic (exact) mass is 320 g/mol. The Morgan fingerprint density at radius 2 is 2.14 bits per heavy atom. The van der Waals surface area contributed by atoms with Crippen LogP contribution in [0.4, 0.5) is 0 Å². The maximum atomic E-state index is 11.9. The van der Waals surface area contributed by atoms with Gasteiger partial charge in [-0.05, 0) is 34.8 Å². The summed E-state index contributed by atoms with van der Waals surface area (Å²) in [7, 11) is 0. The van der Waals surface area contributed by atoms with E-state index < -0.39 is 6.29 Å². The molecule has 22 heavy (non-hydrogen) atoms. The van der Waals surface area contributed by atoms with Crippen molar-refractivity contribution in [3.05, 3.63) is 29.0 Å². The lowest BCUT2D eigenvalue weighted by Gasteiger charge is -2.25. The van der Waals surface area contributed by atoms with Crippen molar-refractivity contribution >= 4 is 18.0 Å². The van der Waals surface area contributed by atoms with Gasteiger partial charge in [-0.1, -0.05) is 12.1 Å². The molecule has 0 unspecified atom stereocenters. The van der Waals surface area contributed by atoms with E-state index in [1.165, 1.54) is 9.36 Å². The summed E-state index contributed by atoms with van der Waals surface area (Å²) in [6, 6.07) is 6.34. The lowest BCUT2D eigenvalue weighted by molar-refractivity contribution is -0.156. The molecule has 2 aliphatic heterocycles. The molecule has 0 saturated carbocycles. The third-order valence-electron chi connectivity index (χ3n) is 3.84. The van der Waals surface area contributed by atoms with Gasteiger partial charge in [0, 0.05) is 6.42 Å². The molecule has 9 heteroatoms. The highest BCUT2D eigenvalue weighted by atomic mass is 32.1. The topological polar surface area (TPSA) is 91.4 Å². The van der Waals surface area contributed by atoms with Crippen molar-refractivity contribution in [1.82, 2.24) is 19.8 Å². The zero-order chi connectivity index (χ0) is 15.3. The molecular weight excluding hydrogens is 308 g/mol. The Bertz CT molecular complexity index is 801. The number of nitrogens with zero attached hydrogens (tertiary/aromatic N) is 4. The smallest absolute Gasteiger partial charge is 0.221 e. The number of benzene rings is 1. The number of hydrogen-bond donors (Lipinski definition) is 1. The molecule has 4 rings (SSSR count). The predicted molar refractivity (Wildman–Crippen MR) is 75.1 cm³/mol. The van der Waals surface area contributed by atoms with Gasteiger partial charge in [-0.25, -0.2) is 4.68 Å². The van der Waals surface area contributed by atoms with Gasteiger partial charge in [0.25, 0.3) is 0 Å². The van der Waals surface area contributed by atoms with E-state index in [1.807, 2.05) is 0 Å². The van der Waals surface area contributed by atoms with Crippen molar-refractivity contribution in [3.63, 3.8) is 0 Å². The van der Waals surface area contributed by atoms with E-state index in [9.17, 15) is 9.90 Å². The number of phenols is 1. The number of hydrogen-bond acceptors (Lipinski definition) is 7. The molecule has 1 aromatic heterocycles. The van der Waals surface area contributed by atoms with Crippen LogP contribution in [-0.2, 0) is 14.3 Å². The third-order valence-corrected chi connectivity index (χ3v) is 4.20. The van der Waals surface area contributed by atoms with Crippen LogP contribution in [0.5, 0.6) is 5.75 Å². The van der Waals surface area contributed by atoms with Gasteiger partial charge < -0.3 is 14.6 Å². The minimum absolute atomic E-state index is 0.0471. The molecule has 3 heterocycles. The molecule has 2 bridgehead atoms. The number of rotatable bonds is 2. The molecule has 1 aromatic carbocycles. The van der Waals surface area contributed by atoms with Crippen LogP contribution in [0.3, 0.4) is 0 Å². The van der Waals surface area contributed by atoms with Crippen molar-refractivity contribution in [2.45, 2.75) is 24.9 Å². The summed E-state index contributed by atoms with van der Waals surface area (Å²) in [6.07, 6.45) is -0.795. The number of fused-ring (bicyclic) bond motifs is 2. The first-order valence-corrected chi connectivity index (χ1v) is 7.18. The van der Waals surface area contributed by atoms with E-state index >= 15 is 0 Å². The summed E-state index contributed by atoms with van der Waals surface area (Å²) in [5, 5.41) is 17.9. The van der Waals surface area contributed by atoms with Crippen LogP contribution in [-0.4, -0.2) is 49.7 Å². The molecule has 8 nitrogen and oxygen atoms in total. The van der Waals surface area contributed by atoms with Crippen LogP contribution in [0, 0.1) is 4.77 Å². The number of phenolic OH excluding ortho intramolecular Hbond substituents is 1. The molecule has 0 radical (unpaired) electrons. The Balaban J connectivity index is 1.75. The van der Waals surface area contributed by atoms with Gasteiger partial charge in [-0.3, -0.25) is 4.79 Å². The molecule has 114 valence electrons. The lowest BCUT2D eigenvalue weighted by Crippen LogP contribution is -2.37. The van der Waals surface area contributed by atoms with E-state index in [1.54, 1.807) is 24.3 Å². The quantitative estimate of drug-likeness (QED) is 0.817. The zero-order valence-electron chi connectivity index (χ0n) is 11.3. The van der Waals surface area contributed by atoms with Crippen molar-refractivity contribution < 1.29 is 19.4 Å². The van der Waals surface area contributed by atoms with Crippen LogP contribution in [0.2, 0.25) is 0 Å². The molecule has 0 amide bonds. The van der Waals surface area contributed by atoms with Gasteiger partial charge >= 0.3 is 0 Å². The van der Waals surface area contributed by atoms with Gasteiger partial charge in [-0.15, -0.1) is 0 Å². The Hall–Kier alpha value is -2.10. The van der Waals surface area contributed by atoms with Crippen LogP contribution >= 0.6 is 12.2 Å². The first kappa shape index (κ1) is 13.6. The molecule has 1 N–H and O–H groups in total. The van der Waals surface area contributed by atoms with Crippen LogP contribution < -0.4 is 0 Å². The highest BCUT2D eigenvalue weighted by molar-refractivity contribution is 7.71. The molecule has 2 fully saturated rings. The number of aromatic hydroxyl groups is 1. The standard InChI is InChI=1S/C13H12N4O4S/c18-9-4-2-1-3-7(9)16-13(22)17(15-14-16)8-5-10(19)12-20-6-11(8)21-12/h1-4,8,11-12,18H,5-6H2/t8-,11-,12-/m0/s1. The number of aromatic nitrogens is 4. The Morgan fingerprint density at radius 3 is 2.95 bits per heavy atom. The summed E-state index contributed by atoms with van der Waals surface area (Å²) in [5.74, 6) is -0.0800. The minimum Gasteiger partial charge on any atom is -0.506 e. The second-order valence-corrected chi connectivity index (χ2v) is 5.55. The molecule has 3 atom stereocenters. The molecule has 2 saturated heterocycles. The first-order chi connectivity index (χ1) is 10.6. The van der Waals surface area contributed by atoms with Gasteiger partial charge in [0.2, 0.25) is 11.1 Å². The average Bonchev–Trinajstić information content (AvgIpc) is 3.10. The fourth-order valence-corrected chi connectivity index (χ4v) is 3.03. The number of ketones is 1. The summed E-state index contributed by atoms with van der Waals surface area (Å²) in [5.41, 5.74) is 0.433. The van der Waals surface area contributed by atoms with Crippen molar-refractivity contribution in [1.29, 1.82) is 0 Å². The molecule has 0 spiro atoms. The minimum atomic E-state index is -0.761. The van der Waals surface area contributed by atoms with Gasteiger partial charge in [0.15, 0.2) is 5.78 Å². The number of Topliss-reactive ketones (excluding diaryl/α,β-unsaturated/α-hetero) is 1. The van der Waals surface area contributed by atoms with Gasteiger partial charge in [-0.2, -0.15) is 4.68 Å². The SMILES string of the molecule is O=C1C[C@H](n2nnn(-c3ccccc3O)c2=S)[C@@H]2CO[C@H]1O2. The van der Waals surface area contributed by atoms with Crippen molar-refractivity contribution in [2.24, 2.45) is 0 Å². The van der Waals surface area contributed by atoms with Crippen LogP contribution in [0.25, 0.3) is 5.69 Å². The number of carbonyl (C=O) groups is 1. The number of ether oxygens (including phenoxy) is 2. The number of carbonyl (C=O) groups excluding carboxylic acids is 1. The summed E-state index contributed by atoms with van der Waals surface area (Å²) >= 11 is 5.38. The Kier molecular flexibility index (Phi) is 3.06. The normalized spacial score (nSPS) is 27.3. The highest BCUT2D eigenvalue weighted by Crippen LogP contribution is 2.33. The highest BCUT2D eigenvalue weighted by Gasteiger charge is 2.45. The molecular formula is C13H12N4O4S. The molecule has 0 aliphatic carbocycles. The van der Waals surface area contributed by atoms with E-state index in [0.29, 0.717) is 12.3 Å². The van der Waals surface area contributed by atoms with Gasteiger partial charge in [0.05, 0.1) is 12.6 Å². The second-order valence-electron chi connectivity index (χ2n) is 5.18. The summed E-state index contributed by atoms with van der Waals surface area (Å²) < 4.78 is 13.9. The fourth-order valence-electron chi connectivity index (χ4n) is 2.73. The zero-order valence-corrected chi connectivity index (χ0v) is 12.1. The predicted octanol–water partition coefficient (Wildman–Crippen LogP) is 0.759. The Morgan fingerprint density at radius 1 is 1.32 bits per heavy atom. The van der Waals surface area contributed by atoms with Crippen molar-refractivity contribution in [3.8, 4) is 11.4 Å². The first-order valence-electron chi connectivity index (χ1n) is 6.78. The van der Waals surface area contributed by atoms with E-state index in [4.69, 9.17) is 21.7 Å². The van der Waals surface area contributed by atoms with Crippen LogP contribution in [0.15, 0.2) is 24.3 Å². The number of tetrazole rings is 1. The fraction of sp³-hybridized carbons (Fsp3) is 0.385. The second kappa shape index (κ2) is 4.97. The number of para-hydroxylation sites is 2. The third kappa shape index (κ3) is 1.97. The van der Waals surface area contributed by atoms with Gasteiger partial charge in [0.1, 0.15) is 17.5 Å². The Labute approximate surface area is 129 Å². The van der Waals surface area contributed by atoms with Crippen LogP contribution in [0.1, 0.15) is 12.5 Å². The maximum absolute atomic E-state index is 11.9.